The highest BCUT2D eigenvalue weighted by Crippen LogP contribution is 2.25. The first-order valence-electron chi connectivity index (χ1n) is 6.69. The van der Waals surface area contributed by atoms with Crippen LogP contribution in [0.1, 0.15) is 30.1 Å². The molecule has 1 aliphatic rings. The van der Waals surface area contributed by atoms with Crippen LogP contribution in [-0.2, 0) is 0 Å². The highest BCUT2D eigenvalue weighted by molar-refractivity contribution is 6.20. The van der Waals surface area contributed by atoms with E-state index in [0.29, 0.717) is 11.5 Å². The van der Waals surface area contributed by atoms with Gasteiger partial charge >= 0.3 is 0 Å². The first-order valence-corrected chi connectivity index (χ1v) is 7.13. The molecule has 0 aliphatic carbocycles. The van der Waals surface area contributed by atoms with E-state index >= 15 is 0 Å². The maximum atomic E-state index is 12.4. The number of ether oxygens (including phenoxy) is 1. The number of alkyl halides is 1. The molecule has 1 aliphatic heterocycles. The summed E-state index contributed by atoms with van der Waals surface area (Å²) in [7, 11) is 1.61. The molecule has 19 heavy (non-hydrogen) atoms. The molecule has 1 fully saturated rings. The SMILES string of the molecule is COc1cccc(C(=O)N2CCC(C(C)Cl)CC2)c1. The highest BCUT2D eigenvalue weighted by atomic mass is 35.5. The number of likely N-dealkylation sites (tertiary alicyclic amines) is 1. The number of amides is 1. The first-order chi connectivity index (χ1) is 9.11. The fourth-order valence-corrected chi connectivity index (χ4v) is 2.75. The van der Waals surface area contributed by atoms with Crippen LogP contribution >= 0.6 is 11.6 Å². The van der Waals surface area contributed by atoms with Gasteiger partial charge in [0.25, 0.3) is 5.91 Å². The molecule has 4 heteroatoms. The molecule has 1 atom stereocenters. The van der Waals surface area contributed by atoms with Crippen molar-refractivity contribution in [3.63, 3.8) is 0 Å². The summed E-state index contributed by atoms with van der Waals surface area (Å²) in [5, 5.41) is 0.189. The number of carbonyl (C=O) groups excluding carboxylic acids is 1. The van der Waals surface area contributed by atoms with Gasteiger partial charge in [-0.2, -0.15) is 0 Å². The van der Waals surface area contributed by atoms with Gasteiger partial charge in [0.15, 0.2) is 0 Å². The van der Waals surface area contributed by atoms with Gasteiger partial charge in [-0.05, 0) is 43.9 Å². The van der Waals surface area contributed by atoms with Crippen molar-refractivity contribution >= 4 is 17.5 Å². The van der Waals surface area contributed by atoms with Crippen molar-refractivity contribution in [3.8, 4) is 5.75 Å². The summed E-state index contributed by atoms with van der Waals surface area (Å²) in [6.45, 7) is 3.61. The molecule has 0 spiro atoms. The lowest BCUT2D eigenvalue weighted by Gasteiger charge is -2.33. The van der Waals surface area contributed by atoms with Crippen molar-refractivity contribution in [1.82, 2.24) is 4.90 Å². The first kappa shape index (κ1) is 14.2. The van der Waals surface area contributed by atoms with Crippen molar-refractivity contribution in [3.05, 3.63) is 29.8 Å². The second kappa shape index (κ2) is 6.29. The van der Waals surface area contributed by atoms with E-state index in [2.05, 4.69) is 0 Å². The van der Waals surface area contributed by atoms with Gasteiger partial charge in [0, 0.05) is 24.0 Å². The zero-order valence-electron chi connectivity index (χ0n) is 11.4. The molecule has 0 N–H and O–H groups in total. The molecule has 0 saturated carbocycles. The van der Waals surface area contributed by atoms with Gasteiger partial charge < -0.3 is 9.64 Å². The summed E-state index contributed by atoms with van der Waals surface area (Å²) >= 11 is 6.12. The van der Waals surface area contributed by atoms with E-state index in [1.165, 1.54) is 0 Å². The van der Waals surface area contributed by atoms with E-state index in [9.17, 15) is 4.79 Å². The van der Waals surface area contributed by atoms with Crippen LogP contribution < -0.4 is 4.74 Å². The van der Waals surface area contributed by atoms with Gasteiger partial charge in [0.2, 0.25) is 0 Å². The van der Waals surface area contributed by atoms with Gasteiger partial charge in [-0.3, -0.25) is 4.79 Å². The quantitative estimate of drug-likeness (QED) is 0.797. The van der Waals surface area contributed by atoms with Crippen molar-refractivity contribution < 1.29 is 9.53 Å². The normalized spacial score (nSPS) is 18.2. The zero-order chi connectivity index (χ0) is 13.8. The molecule has 0 aromatic heterocycles. The van der Waals surface area contributed by atoms with Crippen molar-refractivity contribution in [2.24, 2.45) is 5.92 Å². The average molecular weight is 282 g/mol. The maximum Gasteiger partial charge on any atom is 0.253 e. The number of nitrogens with zero attached hydrogens (tertiary/aromatic N) is 1. The molecular formula is C15H20ClNO2. The van der Waals surface area contributed by atoms with Crippen LogP contribution in [-0.4, -0.2) is 36.4 Å². The standard InChI is InChI=1S/C15H20ClNO2/c1-11(16)12-6-8-17(9-7-12)15(18)13-4-3-5-14(10-13)19-2/h3-5,10-12H,6-9H2,1-2H3. The summed E-state index contributed by atoms with van der Waals surface area (Å²) in [4.78, 5) is 14.3. The molecule has 1 aromatic carbocycles. The van der Waals surface area contributed by atoms with Gasteiger partial charge in [0.1, 0.15) is 5.75 Å². The lowest BCUT2D eigenvalue weighted by atomic mass is 9.93. The molecule has 2 rings (SSSR count). The number of rotatable bonds is 3. The summed E-state index contributed by atoms with van der Waals surface area (Å²) in [6, 6.07) is 7.32. The third-order valence-electron chi connectivity index (χ3n) is 3.79. The van der Waals surface area contributed by atoms with Gasteiger partial charge in [0.05, 0.1) is 7.11 Å². The van der Waals surface area contributed by atoms with Crippen LogP contribution in [0.25, 0.3) is 0 Å². The molecule has 104 valence electrons. The van der Waals surface area contributed by atoms with E-state index in [1.807, 2.05) is 30.0 Å². The summed E-state index contributed by atoms with van der Waals surface area (Å²) in [5.41, 5.74) is 0.691. The van der Waals surface area contributed by atoms with E-state index in [0.717, 1.165) is 31.7 Å². The molecule has 1 amide bonds. The number of carbonyl (C=O) groups is 1. The van der Waals surface area contributed by atoms with E-state index in [4.69, 9.17) is 16.3 Å². The van der Waals surface area contributed by atoms with Crippen molar-refractivity contribution in [2.45, 2.75) is 25.1 Å². The molecule has 1 unspecified atom stereocenters. The second-order valence-corrected chi connectivity index (χ2v) is 5.73. The number of halogens is 1. The third-order valence-corrected chi connectivity index (χ3v) is 4.15. The smallest absolute Gasteiger partial charge is 0.253 e. The lowest BCUT2D eigenvalue weighted by molar-refractivity contribution is 0.0689. The Bertz CT molecular complexity index is 440. The molecule has 0 bridgehead atoms. The maximum absolute atomic E-state index is 12.4. The Morgan fingerprint density at radius 2 is 2.11 bits per heavy atom. The van der Waals surface area contributed by atoms with Gasteiger partial charge in [-0.25, -0.2) is 0 Å². The van der Waals surface area contributed by atoms with Crippen LogP contribution in [0.5, 0.6) is 5.75 Å². The van der Waals surface area contributed by atoms with E-state index in [-0.39, 0.29) is 11.3 Å². The minimum absolute atomic E-state index is 0.0829. The summed E-state index contributed by atoms with van der Waals surface area (Å²) in [5.74, 6) is 1.32. The second-order valence-electron chi connectivity index (χ2n) is 5.04. The third kappa shape index (κ3) is 3.41. The Kier molecular flexibility index (Phi) is 4.70. The number of piperidine rings is 1. The predicted molar refractivity (Wildman–Crippen MR) is 76.9 cm³/mol. The molecule has 3 nitrogen and oxygen atoms in total. The Morgan fingerprint density at radius 3 is 2.68 bits per heavy atom. The number of hydrogen-bond acceptors (Lipinski definition) is 2. The van der Waals surface area contributed by atoms with Gasteiger partial charge in [-0.1, -0.05) is 6.07 Å². The van der Waals surface area contributed by atoms with Crippen LogP contribution in [0.4, 0.5) is 0 Å². The summed E-state index contributed by atoms with van der Waals surface area (Å²) in [6.07, 6.45) is 1.97. The van der Waals surface area contributed by atoms with Crippen LogP contribution in [0.15, 0.2) is 24.3 Å². The fraction of sp³-hybridized carbons (Fsp3) is 0.533. The topological polar surface area (TPSA) is 29.5 Å². The van der Waals surface area contributed by atoms with E-state index in [1.54, 1.807) is 13.2 Å². The minimum Gasteiger partial charge on any atom is -0.497 e. The number of hydrogen-bond donors (Lipinski definition) is 0. The molecule has 1 aromatic rings. The largest absolute Gasteiger partial charge is 0.497 e. The summed E-state index contributed by atoms with van der Waals surface area (Å²) < 4.78 is 5.15. The molecule has 0 radical (unpaired) electrons. The lowest BCUT2D eigenvalue weighted by Crippen LogP contribution is -2.40. The molecule has 1 saturated heterocycles. The van der Waals surface area contributed by atoms with Crippen LogP contribution in [0.2, 0.25) is 0 Å². The predicted octanol–water partition coefficient (Wildman–Crippen LogP) is 3.17. The van der Waals surface area contributed by atoms with Crippen LogP contribution in [0.3, 0.4) is 0 Å². The Balaban J connectivity index is 2.01. The molecular weight excluding hydrogens is 262 g/mol. The fourth-order valence-electron chi connectivity index (χ4n) is 2.50. The minimum atomic E-state index is 0.0829. The molecule has 1 heterocycles. The zero-order valence-corrected chi connectivity index (χ0v) is 12.2. The van der Waals surface area contributed by atoms with E-state index < -0.39 is 0 Å². The number of benzene rings is 1. The highest BCUT2D eigenvalue weighted by Gasteiger charge is 2.26. The van der Waals surface area contributed by atoms with Gasteiger partial charge in [-0.15, -0.1) is 11.6 Å². The van der Waals surface area contributed by atoms with Crippen molar-refractivity contribution in [1.29, 1.82) is 0 Å². The number of methoxy groups -OCH3 is 1. The average Bonchev–Trinajstić information content (AvgIpc) is 2.46. The van der Waals surface area contributed by atoms with Crippen LogP contribution in [0, 0.1) is 5.92 Å². The monoisotopic (exact) mass is 281 g/mol. The Hall–Kier alpha value is -1.22. The van der Waals surface area contributed by atoms with Crippen molar-refractivity contribution in [2.75, 3.05) is 20.2 Å². The Morgan fingerprint density at radius 1 is 1.42 bits per heavy atom. The Labute approximate surface area is 119 Å².